The summed E-state index contributed by atoms with van der Waals surface area (Å²) in [5.74, 6) is 1.28. The summed E-state index contributed by atoms with van der Waals surface area (Å²) in [6, 6.07) is 0. The molecule has 1 aromatic rings. The number of aliphatic hydroxyl groups is 1. The van der Waals surface area contributed by atoms with Crippen LogP contribution in [0.15, 0.2) is 16.5 Å². The van der Waals surface area contributed by atoms with Crippen molar-refractivity contribution in [2.75, 3.05) is 6.61 Å². The summed E-state index contributed by atoms with van der Waals surface area (Å²) in [6.45, 7) is 13.0. The van der Waals surface area contributed by atoms with E-state index in [1.807, 2.05) is 6.92 Å². The number of allylic oxidation sites excluding steroid dienone is 2. The van der Waals surface area contributed by atoms with Gasteiger partial charge in [-0.25, -0.2) is 0 Å². The highest BCUT2D eigenvalue weighted by Crippen LogP contribution is 2.46. The minimum atomic E-state index is -0.205. The molecule has 0 fully saturated rings. The van der Waals surface area contributed by atoms with Gasteiger partial charge in [-0.2, -0.15) is 0 Å². The molecule has 158 valence electrons. The normalized spacial score (nSPS) is 20.9. The first-order chi connectivity index (χ1) is 13.7. The largest absolute Gasteiger partial charge is 0.512 e. The van der Waals surface area contributed by atoms with Crippen molar-refractivity contribution in [1.82, 2.24) is 0 Å². The van der Waals surface area contributed by atoms with Crippen LogP contribution in [0.2, 0.25) is 0 Å². The molecule has 0 aromatic heterocycles. The van der Waals surface area contributed by atoms with E-state index in [9.17, 15) is 9.90 Å². The molecule has 1 heterocycles. The third-order valence-electron chi connectivity index (χ3n) is 6.19. The smallest absolute Gasteiger partial charge is 0.162 e. The molecule has 2 aliphatic rings. The number of hydrogen-bond donors (Lipinski definition) is 1. The quantitative estimate of drug-likeness (QED) is 0.515. The molecule has 0 bridgehead atoms. The number of Topliss-reactive ketones (excluding diaryl/α,β-unsaturated/α-hetero) is 1. The predicted molar refractivity (Wildman–Crippen MR) is 115 cm³/mol. The monoisotopic (exact) mass is 399 g/mol. The average molecular weight is 400 g/mol. The van der Waals surface area contributed by atoms with Gasteiger partial charge in [0.05, 0.1) is 5.76 Å². The Morgan fingerprint density at radius 2 is 1.93 bits per heavy atom. The summed E-state index contributed by atoms with van der Waals surface area (Å²) in [5.41, 5.74) is 6.34. The fourth-order valence-corrected chi connectivity index (χ4v) is 4.73. The topological polar surface area (TPSA) is 68.1 Å². The number of nitrogens with zero attached hydrogens (tertiary/aromatic N) is 1. The highest BCUT2D eigenvalue weighted by atomic mass is 16.6. The van der Waals surface area contributed by atoms with E-state index in [1.165, 1.54) is 22.3 Å². The molecule has 0 spiro atoms. The SMILES string of the molecule is CCON=CCCC1=C(O)CC(c2c(C)c(C)c3c(c2C)CC(C)(C)O3)CC1=O. The van der Waals surface area contributed by atoms with Crippen molar-refractivity contribution in [3.8, 4) is 5.75 Å². The van der Waals surface area contributed by atoms with Crippen molar-refractivity contribution in [3.63, 3.8) is 0 Å². The lowest BCUT2D eigenvalue weighted by molar-refractivity contribution is -0.116. The zero-order chi connectivity index (χ0) is 21.3. The van der Waals surface area contributed by atoms with Gasteiger partial charge in [0, 0.05) is 36.6 Å². The Hall–Kier alpha value is -2.30. The first kappa shape index (κ1) is 21.4. The molecular weight excluding hydrogens is 366 g/mol. The second-order valence-electron chi connectivity index (χ2n) is 8.83. The van der Waals surface area contributed by atoms with Gasteiger partial charge in [-0.3, -0.25) is 4.79 Å². The molecule has 5 heteroatoms. The maximum absolute atomic E-state index is 12.8. The van der Waals surface area contributed by atoms with Crippen LogP contribution in [0.3, 0.4) is 0 Å². The minimum Gasteiger partial charge on any atom is -0.512 e. The summed E-state index contributed by atoms with van der Waals surface area (Å²) in [7, 11) is 0. The third-order valence-corrected chi connectivity index (χ3v) is 6.19. The van der Waals surface area contributed by atoms with Crippen LogP contribution >= 0.6 is 0 Å². The van der Waals surface area contributed by atoms with Gasteiger partial charge in [-0.15, -0.1) is 0 Å². The van der Waals surface area contributed by atoms with Crippen molar-refractivity contribution in [2.24, 2.45) is 5.16 Å². The Balaban J connectivity index is 1.87. The molecule has 1 unspecified atom stereocenters. The van der Waals surface area contributed by atoms with E-state index in [1.54, 1.807) is 6.21 Å². The van der Waals surface area contributed by atoms with Gasteiger partial charge < -0.3 is 14.7 Å². The standard InChI is InChI=1S/C24H33NO4/c1-7-28-25-10-8-9-18-20(26)11-17(12-21(18)27)22-14(2)15(3)23-19(16(22)4)13-24(5,6)29-23/h10,17,26H,7-9,11-13H2,1-6H3. The number of carbonyl (C=O) groups is 1. The van der Waals surface area contributed by atoms with Crippen molar-refractivity contribution in [3.05, 3.63) is 39.1 Å². The van der Waals surface area contributed by atoms with E-state index in [0.29, 0.717) is 37.9 Å². The van der Waals surface area contributed by atoms with Crippen LogP contribution in [0.5, 0.6) is 5.75 Å². The van der Waals surface area contributed by atoms with E-state index >= 15 is 0 Å². The van der Waals surface area contributed by atoms with Crippen LogP contribution in [0.1, 0.15) is 80.2 Å². The van der Waals surface area contributed by atoms with Crippen LogP contribution in [0, 0.1) is 20.8 Å². The molecule has 1 aromatic carbocycles. The fourth-order valence-electron chi connectivity index (χ4n) is 4.73. The second-order valence-corrected chi connectivity index (χ2v) is 8.83. The highest BCUT2D eigenvalue weighted by Gasteiger charge is 2.37. The van der Waals surface area contributed by atoms with Crippen LogP contribution in [-0.2, 0) is 16.1 Å². The average Bonchev–Trinajstić information content (AvgIpc) is 2.98. The molecule has 1 atom stereocenters. The van der Waals surface area contributed by atoms with E-state index in [0.717, 1.165) is 17.7 Å². The van der Waals surface area contributed by atoms with E-state index < -0.39 is 0 Å². The highest BCUT2D eigenvalue weighted by molar-refractivity contribution is 5.97. The Kier molecular flexibility index (Phi) is 6.06. The number of hydrogen-bond acceptors (Lipinski definition) is 5. The lowest BCUT2D eigenvalue weighted by Gasteiger charge is -2.28. The first-order valence-electron chi connectivity index (χ1n) is 10.6. The lowest BCUT2D eigenvalue weighted by atomic mass is 9.76. The van der Waals surface area contributed by atoms with Gasteiger partial charge in [-0.05, 0) is 82.6 Å². The summed E-state index contributed by atoms with van der Waals surface area (Å²) in [4.78, 5) is 17.8. The van der Waals surface area contributed by atoms with Gasteiger partial charge in [0.25, 0.3) is 0 Å². The molecule has 3 rings (SSSR count). The zero-order valence-electron chi connectivity index (χ0n) is 18.5. The van der Waals surface area contributed by atoms with Crippen LogP contribution in [0.25, 0.3) is 0 Å². The van der Waals surface area contributed by atoms with Crippen LogP contribution in [-0.4, -0.2) is 29.3 Å². The van der Waals surface area contributed by atoms with Crippen LogP contribution < -0.4 is 4.74 Å². The Bertz CT molecular complexity index is 880. The molecule has 1 aliphatic carbocycles. The molecule has 0 radical (unpaired) electrons. The molecule has 0 amide bonds. The number of rotatable bonds is 6. The van der Waals surface area contributed by atoms with Gasteiger partial charge in [0.1, 0.15) is 18.0 Å². The van der Waals surface area contributed by atoms with Crippen molar-refractivity contribution >= 4 is 12.0 Å². The van der Waals surface area contributed by atoms with E-state index in [2.05, 4.69) is 39.8 Å². The number of carbonyl (C=O) groups excluding carboxylic acids is 1. The molecule has 0 saturated heterocycles. The van der Waals surface area contributed by atoms with Gasteiger partial charge in [0.2, 0.25) is 0 Å². The third kappa shape index (κ3) is 4.19. The van der Waals surface area contributed by atoms with Crippen molar-refractivity contribution in [1.29, 1.82) is 0 Å². The maximum Gasteiger partial charge on any atom is 0.162 e. The number of ketones is 1. The number of ether oxygens (including phenoxy) is 1. The maximum atomic E-state index is 12.8. The Morgan fingerprint density at radius 3 is 2.59 bits per heavy atom. The summed E-state index contributed by atoms with van der Waals surface area (Å²) in [6.07, 6.45) is 4.55. The lowest BCUT2D eigenvalue weighted by Crippen LogP contribution is -2.25. The zero-order valence-corrected chi connectivity index (χ0v) is 18.5. The molecule has 5 nitrogen and oxygen atoms in total. The fraction of sp³-hybridized carbons (Fsp3) is 0.583. The van der Waals surface area contributed by atoms with Gasteiger partial charge >= 0.3 is 0 Å². The minimum absolute atomic E-state index is 0.0102. The Morgan fingerprint density at radius 1 is 1.21 bits per heavy atom. The molecule has 1 N–H and O–H groups in total. The van der Waals surface area contributed by atoms with Gasteiger partial charge in [-0.1, -0.05) is 5.16 Å². The van der Waals surface area contributed by atoms with Gasteiger partial charge in [0.15, 0.2) is 5.78 Å². The first-order valence-corrected chi connectivity index (χ1v) is 10.6. The predicted octanol–water partition coefficient (Wildman–Crippen LogP) is 5.39. The number of benzene rings is 1. The van der Waals surface area contributed by atoms with E-state index in [4.69, 9.17) is 9.57 Å². The van der Waals surface area contributed by atoms with E-state index in [-0.39, 0.29) is 23.1 Å². The molecule has 29 heavy (non-hydrogen) atoms. The second kappa shape index (κ2) is 8.21. The molecule has 0 saturated carbocycles. The van der Waals surface area contributed by atoms with Crippen molar-refractivity contribution in [2.45, 2.75) is 85.2 Å². The number of oxime groups is 1. The molecular formula is C24H33NO4. The number of fused-ring (bicyclic) bond motifs is 1. The van der Waals surface area contributed by atoms with Crippen molar-refractivity contribution < 1.29 is 19.5 Å². The summed E-state index contributed by atoms with van der Waals surface area (Å²) < 4.78 is 6.21. The summed E-state index contributed by atoms with van der Waals surface area (Å²) >= 11 is 0. The number of aliphatic hydroxyl groups excluding tert-OH is 1. The summed E-state index contributed by atoms with van der Waals surface area (Å²) in [5, 5.41) is 14.5. The molecule has 1 aliphatic heterocycles. The van der Waals surface area contributed by atoms with Crippen LogP contribution in [0.4, 0.5) is 0 Å². The Labute approximate surface area is 173 Å².